The molecule has 2 nitrogen and oxygen atoms in total. The zero-order valence-corrected chi connectivity index (χ0v) is 31.4. The van der Waals surface area contributed by atoms with E-state index in [1.54, 1.807) is 0 Å². The Labute approximate surface area is 322 Å². The smallest absolute Gasteiger partial charge is 0.161 e. The SMILES string of the molecule is CC1C/C=C(c2cccc3c2C(C)(C)c2c-3ccc3ccccc23)/N=C(c2cccc(C3(c4ccccc4)c4ccccc4-c4ccccc43)c2)\N=C/1Cl. The van der Waals surface area contributed by atoms with Crippen molar-refractivity contribution in [1.29, 1.82) is 0 Å². The van der Waals surface area contributed by atoms with Gasteiger partial charge in [-0.25, -0.2) is 9.98 Å². The van der Waals surface area contributed by atoms with Gasteiger partial charge in [0.25, 0.3) is 0 Å². The molecule has 7 aromatic carbocycles. The van der Waals surface area contributed by atoms with Crippen LogP contribution in [0.15, 0.2) is 174 Å². The molecule has 54 heavy (non-hydrogen) atoms. The maximum atomic E-state index is 7.00. The highest BCUT2D eigenvalue weighted by Crippen LogP contribution is 2.57. The highest BCUT2D eigenvalue weighted by atomic mass is 35.5. The number of nitrogens with zero attached hydrogens (tertiary/aromatic N) is 2. The van der Waals surface area contributed by atoms with Gasteiger partial charge in [0, 0.05) is 22.5 Å². The van der Waals surface area contributed by atoms with Crippen LogP contribution < -0.4 is 0 Å². The number of hydrogen-bond donors (Lipinski definition) is 0. The fourth-order valence-corrected chi connectivity index (χ4v) is 9.81. The Bertz CT molecular complexity index is 2700. The van der Waals surface area contributed by atoms with Crippen molar-refractivity contribution in [3.05, 3.63) is 208 Å². The van der Waals surface area contributed by atoms with E-state index in [1.807, 2.05) is 0 Å². The minimum absolute atomic E-state index is 0.0468. The summed E-state index contributed by atoms with van der Waals surface area (Å²) in [6, 6.07) is 57.5. The van der Waals surface area contributed by atoms with Gasteiger partial charge in [0.1, 0.15) is 5.17 Å². The van der Waals surface area contributed by atoms with Gasteiger partial charge in [-0.3, -0.25) is 0 Å². The molecular formula is C51H39ClN2. The van der Waals surface area contributed by atoms with Gasteiger partial charge in [-0.05, 0) is 78.9 Å². The number of hydrogen-bond acceptors (Lipinski definition) is 2. The summed E-state index contributed by atoms with van der Waals surface area (Å²) in [6.45, 7) is 6.88. The minimum Gasteiger partial charge on any atom is -0.228 e. The monoisotopic (exact) mass is 714 g/mol. The van der Waals surface area contributed by atoms with E-state index < -0.39 is 5.41 Å². The largest absolute Gasteiger partial charge is 0.228 e. The van der Waals surface area contributed by atoms with Crippen LogP contribution in [0.1, 0.15) is 71.7 Å². The normalized spacial score (nSPS) is 20.5. The summed E-state index contributed by atoms with van der Waals surface area (Å²) in [5, 5.41) is 3.14. The second kappa shape index (κ2) is 12.4. The molecule has 10 rings (SSSR count). The molecule has 3 heteroatoms. The molecular weight excluding hydrogens is 676 g/mol. The Morgan fingerprint density at radius 3 is 1.94 bits per heavy atom. The molecule has 260 valence electrons. The first-order chi connectivity index (χ1) is 26.4. The third kappa shape index (κ3) is 4.73. The van der Waals surface area contributed by atoms with Crippen molar-refractivity contribution in [2.24, 2.45) is 15.9 Å². The first-order valence-corrected chi connectivity index (χ1v) is 19.3. The molecule has 1 aliphatic heterocycles. The Balaban J connectivity index is 1.17. The molecule has 1 heterocycles. The molecule has 1 unspecified atom stereocenters. The number of aliphatic imine (C=N–C) groups is 2. The summed E-state index contributed by atoms with van der Waals surface area (Å²) in [4.78, 5) is 10.6. The average Bonchev–Trinajstić information content (AvgIpc) is 3.65. The van der Waals surface area contributed by atoms with Crippen LogP contribution in [0.2, 0.25) is 0 Å². The molecule has 0 amide bonds. The lowest BCUT2D eigenvalue weighted by Crippen LogP contribution is -2.28. The van der Waals surface area contributed by atoms with Crippen molar-refractivity contribution in [1.82, 2.24) is 0 Å². The van der Waals surface area contributed by atoms with Crippen molar-refractivity contribution in [3.63, 3.8) is 0 Å². The molecule has 0 fully saturated rings. The first-order valence-electron chi connectivity index (χ1n) is 18.9. The summed E-state index contributed by atoms with van der Waals surface area (Å²) in [5.41, 5.74) is 15.0. The lowest BCUT2D eigenvalue weighted by atomic mass is 9.67. The predicted molar refractivity (Wildman–Crippen MR) is 227 cm³/mol. The van der Waals surface area contributed by atoms with Gasteiger partial charge in [0.15, 0.2) is 5.84 Å². The van der Waals surface area contributed by atoms with Crippen molar-refractivity contribution < 1.29 is 0 Å². The molecule has 0 N–H and O–H groups in total. The number of halogens is 1. The molecule has 2 aliphatic carbocycles. The Morgan fingerprint density at radius 2 is 1.17 bits per heavy atom. The van der Waals surface area contributed by atoms with Crippen molar-refractivity contribution in [2.75, 3.05) is 0 Å². The molecule has 0 saturated carbocycles. The fraction of sp³-hybridized carbons (Fsp3) is 0.137. The summed E-state index contributed by atoms with van der Waals surface area (Å²) >= 11 is 7.00. The van der Waals surface area contributed by atoms with Crippen LogP contribution in [0.3, 0.4) is 0 Å². The van der Waals surface area contributed by atoms with Crippen molar-refractivity contribution in [3.8, 4) is 22.3 Å². The van der Waals surface area contributed by atoms with E-state index in [1.165, 1.54) is 66.4 Å². The quantitative estimate of drug-likeness (QED) is 0.173. The second-order valence-corrected chi connectivity index (χ2v) is 15.8. The van der Waals surface area contributed by atoms with E-state index in [0.717, 1.165) is 23.2 Å². The summed E-state index contributed by atoms with van der Waals surface area (Å²) in [5.74, 6) is 0.671. The van der Waals surface area contributed by atoms with E-state index >= 15 is 0 Å². The molecule has 1 atom stereocenters. The van der Waals surface area contributed by atoms with Crippen LogP contribution in [-0.2, 0) is 10.8 Å². The van der Waals surface area contributed by atoms with Gasteiger partial charge >= 0.3 is 0 Å². The second-order valence-electron chi connectivity index (χ2n) is 15.4. The Kier molecular flexibility index (Phi) is 7.51. The van der Waals surface area contributed by atoms with E-state index in [9.17, 15) is 0 Å². The summed E-state index contributed by atoms with van der Waals surface area (Å²) < 4.78 is 0. The standard InChI is InChI=1S/C51H39ClN2/c1-32-27-30-45(42-24-14-23-40-41-29-28-33-15-7-8-20-37(33)46(41)50(2,3)47(40)42)53-49(54-48(32)52)34-16-13-19-36(31-34)51(35-17-5-4-6-18-35)43-25-11-9-21-38(43)39-22-10-12-26-44(39)51/h4-26,28-32H,27H2,1-3H3/b45-30+,53-49-,54-48+. The zero-order chi connectivity index (χ0) is 36.6. The average molecular weight is 715 g/mol. The van der Waals surface area contributed by atoms with E-state index in [-0.39, 0.29) is 11.3 Å². The van der Waals surface area contributed by atoms with Crippen LogP contribution in [0, 0.1) is 5.92 Å². The maximum absolute atomic E-state index is 7.00. The molecule has 3 aliphatic rings. The lowest BCUT2D eigenvalue weighted by Gasteiger charge is -2.34. The maximum Gasteiger partial charge on any atom is 0.161 e. The molecule has 0 saturated heterocycles. The van der Waals surface area contributed by atoms with E-state index in [4.69, 9.17) is 21.6 Å². The van der Waals surface area contributed by atoms with Crippen LogP contribution >= 0.6 is 11.6 Å². The Hall–Kier alpha value is -5.83. The van der Waals surface area contributed by atoms with Gasteiger partial charge in [-0.2, -0.15) is 0 Å². The first kappa shape index (κ1) is 32.8. The molecule has 0 spiro atoms. The number of rotatable bonds is 4. The minimum atomic E-state index is -0.523. The van der Waals surface area contributed by atoms with Crippen LogP contribution in [-0.4, -0.2) is 11.0 Å². The van der Waals surface area contributed by atoms with Crippen LogP contribution in [0.25, 0.3) is 38.7 Å². The predicted octanol–water partition coefficient (Wildman–Crippen LogP) is 13.0. The zero-order valence-electron chi connectivity index (χ0n) is 30.6. The molecule has 7 aromatic rings. The van der Waals surface area contributed by atoms with E-state index in [2.05, 4.69) is 185 Å². The van der Waals surface area contributed by atoms with Gasteiger partial charge in [-0.1, -0.05) is 190 Å². The van der Waals surface area contributed by atoms with Crippen LogP contribution in [0.5, 0.6) is 0 Å². The number of benzene rings is 7. The molecule has 0 aromatic heterocycles. The number of allylic oxidation sites excluding steroid dienone is 1. The van der Waals surface area contributed by atoms with Gasteiger partial charge in [-0.15, -0.1) is 0 Å². The highest BCUT2D eigenvalue weighted by molar-refractivity contribution is 6.66. The summed E-state index contributed by atoms with van der Waals surface area (Å²) in [7, 11) is 0. The van der Waals surface area contributed by atoms with Crippen LogP contribution in [0.4, 0.5) is 0 Å². The van der Waals surface area contributed by atoms with E-state index in [0.29, 0.717) is 11.0 Å². The Morgan fingerprint density at radius 1 is 0.556 bits per heavy atom. The topological polar surface area (TPSA) is 24.7 Å². The lowest BCUT2D eigenvalue weighted by molar-refractivity contribution is 0.664. The fourth-order valence-electron chi connectivity index (χ4n) is 9.64. The third-order valence-corrected chi connectivity index (χ3v) is 12.5. The number of fused-ring (bicyclic) bond motifs is 8. The van der Waals surface area contributed by atoms with Gasteiger partial charge in [0.05, 0.1) is 11.1 Å². The van der Waals surface area contributed by atoms with Crippen molar-refractivity contribution in [2.45, 2.75) is 38.0 Å². The highest BCUT2D eigenvalue weighted by Gasteiger charge is 2.46. The van der Waals surface area contributed by atoms with Gasteiger partial charge < -0.3 is 0 Å². The van der Waals surface area contributed by atoms with Gasteiger partial charge in [0.2, 0.25) is 0 Å². The third-order valence-electron chi connectivity index (χ3n) is 12.0. The molecule has 0 radical (unpaired) electrons. The number of amidine groups is 1. The van der Waals surface area contributed by atoms with Crippen molar-refractivity contribution >= 4 is 39.1 Å². The summed E-state index contributed by atoms with van der Waals surface area (Å²) in [6.07, 6.45) is 3.02. The molecule has 0 bridgehead atoms.